The summed E-state index contributed by atoms with van der Waals surface area (Å²) < 4.78 is 10.3. The molecule has 2 heterocycles. The Balaban J connectivity index is 0.00000380. The number of benzene rings is 2. The summed E-state index contributed by atoms with van der Waals surface area (Å²) in [7, 11) is 3.12. The maximum Gasteiger partial charge on any atom is 0.227 e. The molecule has 198 valence electrons. The zero-order valence-corrected chi connectivity index (χ0v) is 22.9. The van der Waals surface area contributed by atoms with Crippen molar-refractivity contribution in [1.29, 1.82) is 0 Å². The Bertz CT molecular complexity index is 1130. The van der Waals surface area contributed by atoms with E-state index < -0.39 is 0 Å². The summed E-state index contributed by atoms with van der Waals surface area (Å²) >= 11 is 0. The fourth-order valence-electron chi connectivity index (χ4n) is 4.34. The van der Waals surface area contributed by atoms with Gasteiger partial charge in [0, 0.05) is 62.6 Å². The maximum absolute atomic E-state index is 12.2. The molecule has 3 aromatic rings. The first-order chi connectivity index (χ1) is 17.6. The van der Waals surface area contributed by atoms with Gasteiger partial charge in [-0.05, 0) is 73.0 Å². The summed E-state index contributed by atoms with van der Waals surface area (Å²) in [6.07, 6.45) is 5.18. The van der Waals surface area contributed by atoms with Crippen LogP contribution in [-0.4, -0.2) is 74.2 Å². The van der Waals surface area contributed by atoms with Gasteiger partial charge < -0.3 is 24.6 Å². The van der Waals surface area contributed by atoms with Crippen LogP contribution >= 0.6 is 13.5 Å². The number of likely N-dealkylation sites (N-methyl/N-ethyl adjacent to an activating group) is 1. The predicted octanol–water partition coefficient (Wildman–Crippen LogP) is 4.10. The van der Waals surface area contributed by atoms with Crippen molar-refractivity contribution in [3.63, 3.8) is 0 Å². The average molecular weight is 524 g/mol. The van der Waals surface area contributed by atoms with Gasteiger partial charge >= 0.3 is 0 Å². The summed E-state index contributed by atoms with van der Waals surface area (Å²) in [6.45, 7) is 7.73. The predicted molar refractivity (Wildman–Crippen MR) is 153 cm³/mol. The van der Waals surface area contributed by atoms with Crippen molar-refractivity contribution in [3.8, 4) is 5.75 Å². The first-order valence-electron chi connectivity index (χ1n) is 12.4. The van der Waals surface area contributed by atoms with Gasteiger partial charge in [0.1, 0.15) is 12.4 Å². The van der Waals surface area contributed by atoms with Gasteiger partial charge in [-0.3, -0.25) is 4.79 Å². The molecule has 4 rings (SSSR count). The maximum atomic E-state index is 12.2. The highest BCUT2D eigenvalue weighted by Crippen LogP contribution is 2.22. The summed E-state index contributed by atoms with van der Waals surface area (Å²) in [5.41, 5.74) is 4.85. The molecule has 0 atom stereocenters. The number of carbonyl (C=O) groups excluding carboxylic acids is 1. The molecule has 8 nitrogen and oxygen atoms in total. The van der Waals surface area contributed by atoms with Gasteiger partial charge in [-0.1, -0.05) is 6.92 Å². The van der Waals surface area contributed by atoms with Gasteiger partial charge in [-0.2, -0.15) is 13.5 Å². The van der Waals surface area contributed by atoms with Crippen LogP contribution < -0.4 is 15.0 Å². The summed E-state index contributed by atoms with van der Waals surface area (Å²) in [4.78, 5) is 26.1. The normalized spacial score (nSPS) is 13.6. The molecule has 9 heteroatoms. The highest BCUT2D eigenvalue weighted by atomic mass is 32.1. The van der Waals surface area contributed by atoms with Gasteiger partial charge in [0.05, 0.1) is 7.11 Å². The molecule has 2 aromatic carbocycles. The molecular formula is C28H37N5O3S. The molecule has 1 fully saturated rings. The molecule has 0 unspecified atom stereocenters. The zero-order valence-electron chi connectivity index (χ0n) is 21.9. The fraction of sp³-hybridized carbons (Fsp3) is 0.393. The van der Waals surface area contributed by atoms with E-state index in [-0.39, 0.29) is 25.9 Å². The second-order valence-corrected chi connectivity index (χ2v) is 8.93. The Hall–Kier alpha value is -3.14. The minimum Gasteiger partial charge on any atom is -0.497 e. The van der Waals surface area contributed by atoms with Crippen molar-refractivity contribution in [2.24, 2.45) is 0 Å². The Kier molecular flexibility index (Phi) is 10.7. The van der Waals surface area contributed by atoms with Gasteiger partial charge in [0.2, 0.25) is 5.95 Å². The van der Waals surface area contributed by atoms with Crippen molar-refractivity contribution < 1.29 is 14.3 Å². The number of anilines is 3. The molecule has 37 heavy (non-hydrogen) atoms. The van der Waals surface area contributed by atoms with E-state index in [1.165, 1.54) is 12.8 Å². The number of methoxy groups -OCH3 is 2. The number of piperazine rings is 1. The highest BCUT2D eigenvalue weighted by molar-refractivity contribution is 7.59. The van der Waals surface area contributed by atoms with Gasteiger partial charge in [-0.25, -0.2) is 9.97 Å². The fourth-order valence-corrected chi connectivity index (χ4v) is 4.34. The van der Waals surface area contributed by atoms with Crippen LogP contribution in [0.2, 0.25) is 0 Å². The average Bonchev–Trinajstić information content (AvgIpc) is 2.93. The monoisotopic (exact) mass is 523 g/mol. The second-order valence-electron chi connectivity index (χ2n) is 8.93. The largest absolute Gasteiger partial charge is 0.497 e. The standard InChI is InChI=1S/C28H35N5O3.H2S/c1-4-32-11-13-33(14-12-32)25-9-7-24(8-10-25)31-28-29-18-22(19-30-28)6-5-21-15-23(27(34)20-35-2)17-26(16-21)36-3;/h7-10,15-19H,4-6,11-14,20H2,1-3H3,(H,29,30,31);1H2. The molecule has 0 amide bonds. The van der Waals surface area contributed by atoms with Gasteiger partial charge in [0.25, 0.3) is 0 Å². The molecule has 0 saturated carbocycles. The number of ether oxygens (including phenoxy) is 2. The molecule has 0 spiro atoms. The third-order valence-electron chi connectivity index (χ3n) is 6.52. The van der Waals surface area contributed by atoms with E-state index in [9.17, 15) is 4.79 Å². The number of Topliss-reactive ketones (excluding diaryl/α,β-unsaturated/α-hetero) is 1. The summed E-state index contributed by atoms with van der Waals surface area (Å²) in [6, 6.07) is 14.0. The first-order valence-corrected chi connectivity index (χ1v) is 12.4. The van der Waals surface area contributed by atoms with Crippen molar-refractivity contribution in [2.45, 2.75) is 19.8 Å². The Morgan fingerprint density at radius 1 is 0.946 bits per heavy atom. The van der Waals surface area contributed by atoms with E-state index >= 15 is 0 Å². The third kappa shape index (κ3) is 7.92. The number of rotatable bonds is 11. The molecule has 1 aromatic heterocycles. The molecule has 0 bridgehead atoms. The van der Waals surface area contributed by atoms with Gasteiger partial charge in [0.15, 0.2) is 5.78 Å². The lowest BCUT2D eigenvalue weighted by molar-refractivity contribution is 0.0847. The van der Waals surface area contributed by atoms with Crippen LogP contribution in [0.4, 0.5) is 17.3 Å². The quantitative estimate of drug-likeness (QED) is 0.377. The van der Waals surface area contributed by atoms with E-state index in [1.54, 1.807) is 13.2 Å². The lowest BCUT2D eigenvalue weighted by Gasteiger charge is -2.35. The van der Waals surface area contributed by atoms with Crippen LogP contribution in [0.15, 0.2) is 54.9 Å². The number of hydrogen-bond donors (Lipinski definition) is 1. The molecule has 1 aliphatic heterocycles. The number of carbonyl (C=O) groups is 1. The number of ketones is 1. The lowest BCUT2D eigenvalue weighted by atomic mass is 10.0. The number of hydrogen-bond acceptors (Lipinski definition) is 8. The minimum absolute atomic E-state index is 0. The molecule has 0 radical (unpaired) electrons. The van der Waals surface area contributed by atoms with E-state index in [0.717, 1.165) is 62.4 Å². The van der Waals surface area contributed by atoms with E-state index in [0.29, 0.717) is 17.3 Å². The molecule has 0 aliphatic carbocycles. The van der Waals surface area contributed by atoms with E-state index in [2.05, 4.69) is 56.3 Å². The van der Waals surface area contributed by atoms with Crippen LogP contribution in [0.25, 0.3) is 0 Å². The third-order valence-corrected chi connectivity index (χ3v) is 6.52. The summed E-state index contributed by atoms with van der Waals surface area (Å²) in [5.74, 6) is 1.16. The number of nitrogens with zero attached hydrogens (tertiary/aromatic N) is 4. The topological polar surface area (TPSA) is 79.8 Å². The van der Waals surface area contributed by atoms with Crippen molar-refractivity contribution in [2.75, 3.05) is 63.8 Å². The van der Waals surface area contributed by atoms with Crippen molar-refractivity contribution in [1.82, 2.24) is 14.9 Å². The van der Waals surface area contributed by atoms with Crippen LogP contribution in [0, 0.1) is 0 Å². The minimum atomic E-state index is -0.0662. The van der Waals surface area contributed by atoms with Crippen LogP contribution in [0.1, 0.15) is 28.4 Å². The lowest BCUT2D eigenvalue weighted by Crippen LogP contribution is -2.46. The van der Waals surface area contributed by atoms with E-state index in [4.69, 9.17) is 9.47 Å². The smallest absolute Gasteiger partial charge is 0.227 e. The number of aryl methyl sites for hydroxylation is 2. The van der Waals surface area contributed by atoms with Gasteiger partial charge in [-0.15, -0.1) is 0 Å². The Morgan fingerprint density at radius 3 is 2.24 bits per heavy atom. The molecule has 1 aliphatic rings. The van der Waals surface area contributed by atoms with Crippen molar-refractivity contribution >= 4 is 36.6 Å². The van der Waals surface area contributed by atoms with Crippen LogP contribution in [-0.2, 0) is 17.6 Å². The Labute approximate surface area is 226 Å². The second kappa shape index (κ2) is 14.0. The van der Waals surface area contributed by atoms with E-state index in [1.807, 2.05) is 24.5 Å². The molecule has 1 N–H and O–H groups in total. The zero-order chi connectivity index (χ0) is 25.3. The van der Waals surface area contributed by atoms with Crippen molar-refractivity contribution in [3.05, 3.63) is 71.5 Å². The number of aromatic nitrogens is 2. The number of nitrogens with one attached hydrogen (secondary N) is 1. The highest BCUT2D eigenvalue weighted by Gasteiger charge is 2.15. The SMILES string of the molecule is CCN1CCN(c2ccc(Nc3ncc(CCc4cc(OC)cc(C(=O)COC)c4)cn3)cc2)CC1.S. The Morgan fingerprint density at radius 2 is 1.62 bits per heavy atom. The van der Waals surface area contributed by atoms with Crippen LogP contribution in [0.5, 0.6) is 5.75 Å². The molecule has 1 saturated heterocycles. The first kappa shape index (κ1) is 28.4. The summed E-state index contributed by atoms with van der Waals surface area (Å²) in [5, 5.41) is 3.28. The van der Waals surface area contributed by atoms with Crippen LogP contribution in [0.3, 0.4) is 0 Å². The molecular weight excluding hydrogens is 486 g/mol.